The number of piperidine rings is 1. The summed E-state index contributed by atoms with van der Waals surface area (Å²) in [5.41, 5.74) is 2.44. The van der Waals surface area contributed by atoms with E-state index >= 15 is 0 Å². The lowest BCUT2D eigenvalue weighted by atomic mass is 9.87. The van der Waals surface area contributed by atoms with Crippen molar-refractivity contribution < 1.29 is 34.8 Å². The zero-order valence-electron chi connectivity index (χ0n) is 16.1. The molecule has 3 aliphatic heterocycles. The number of carbonyl (C=O) groups excluding carboxylic acids is 1. The minimum Gasteiger partial charge on any atom is -0.479 e. The van der Waals surface area contributed by atoms with E-state index < -0.39 is 24.1 Å². The molecule has 1 fully saturated rings. The molecule has 1 aromatic rings. The number of allylic oxidation sites excluding steroid dienone is 1. The SMILES string of the molecule is CC(=O)N[C@H](C1=CC2CCN1CC2)c1ccccc1.O=C(O)[C@@H](O)[C@H](O)C(=O)O. The molecule has 0 aromatic heterocycles. The first-order valence-corrected chi connectivity index (χ1v) is 9.31. The number of carboxylic acids is 2. The van der Waals surface area contributed by atoms with E-state index in [2.05, 4.69) is 28.4 Å². The van der Waals surface area contributed by atoms with Gasteiger partial charge in [-0.2, -0.15) is 0 Å². The van der Waals surface area contributed by atoms with Crippen molar-refractivity contribution in [3.8, 4) is 0 Å². The fourth-order valence-corrected chi connectivity index (χ4v) is 3.40. The van der Waals surface area contributed by atoms with E-state index in [1.165, 1.54) is 18.5 Å². The first-order chi connectivity index (χ1) is 13.7. The second kappa shape index (κ2) is 10.0. The molecule has 0 saturated carbocycles. The number of carboxylic acid groups (broad SMARTS) is 2. The fraction of sp³-hybridized carbons (Fsp3) is 0.450. The lowest BCUT2D eigenvalue weighted by Crippen LogP contribution is -2.43. The van der Waals surface area contributed by atoms with E-state index in [-0.39, 0.29) is 11.9 Å². The highest BCUT2D eigenvalue weighted by Crippen LogP contribution is 2.35. The first-order valence-electron chi connectivity index (χ1n) is 9.31. The molecule has 0 radical (unpaired) electrons. The van der Waals surface area contributed by atoms with Gasteiger partial charge in [0.05, 0.1) is 6.04 Å². The molecule has 5 N–H and O–H groups in total. The van der Waals surface area contributed by atoms with Crippen LogP contribution in [0, 0.1) is 5.92 Å². The van der Waals surface area contributed by atoms with E-state index in [0.29, 0.717) is 5.92 Å². The summed E-state index contributed by atoms with van der Waals surface area (Å²) in [5.74, 6) is -2.82. The minimum atomic E-state index is -2.27. The van der Waals surface area contributed by atoms with Gasteiger partial charge in [-0.15, -0.1) is 0 Å². The number of aliphatic carboxylic acids is 2. The number of nitrogens with zero attached hydrogens (tertiary/aromatic N) is 1. The van der Waals surface area contributed by atoms with Crippen molar-refractivity contribution in [2.45, 2.75) is 38.0 Å². The van der Waals surface area contributed by atoms with Crippen molar-refractivity contribution in [1.29, 1.82) is 0 Å². The Hall–Kier alpha value is -2.91. The molecule has 1 aromatic carbocycles. The number of fused-ring (bicyclic) bond motifs is 2. The van der Waals surface area contributed by atoms with Crippen molar-refractivity contribution in [2.75, 3.05) is 13.1 Å². The number of aliphatic hydroxyl groups excluding tert-OH is 2. The predicted molar refractivity (Wildman–Crippen MR) is 103 cm³/mol. The monoisotopic (exact) mass is 406 g/mol. The fourth-order valence-electron chi connectivity index (χ4n) is 3.40. The van der Waals surface area contributed by atoms with E-state index in [1.807, 2.05) is 18.2 Å². The highest BCUT2D eigenvalue weighted by molar-refractivity contribution is 5.83. The van der Waals surface area contributed by atoms with Gasteiger partial charge in [0.1, 0.15) is 0 Å². The molecule has 1 amide bonds. The number of aliphatic hydroxyl groups is 2. The number of nitrogens with one attached hydrogen (secondary N) is 1. The van der Waals surface area contributed by atoms with Gasteiger partial charge in [-0.3, -0.25) is 4.79 Å². The third-order valence-corrected chi connectivity index (χ3v) is 4.89. The van der Waals surface area contributed by atoms with Crippen LogP contribution in [0.25, 0.3) is 0 Å². The Balaban J connectivity index is 0.000000257. The number of hydrogen-bond donors (Lipinski definition) is 5. The van der Waals surface area contributed by atoms with E-state index in [9.17, 15) is 14.4 Å². The summed E-state index contributed by atoms with van der Waals surface area (Å²) in [6.07, 6.45) is 0.339. The summed E-state index contributed by atoms with van der Waals surface area (Å²) in [7, 11) is 0. The zero-order chi connectivity index (χ0) is 21.6. The molecule has 29 heavy (non-hydrogen) atoms. The molecule has 9 nitrogen and oxygen atoms in total. The van der Waals surface area contributed by atoms with E-state index in [0.717, 1.165) is 18.7 Å². The van der Waals surface area contributed by atoms with Crippen LogP contribution in [-0.4, -0.2) is 68.5 Å². The third-order valence-electron chi connectivity index (χ3n) is 4.89. The van der Waals surface area contributed by atoms with Gasteiger partial charge in [0.15, 0.2) is 12.2 Å². The predicted octanol–water partition coefficient (Wildman–Crippen LogP) is 0.351. The molecule has 0 spiro atoms. The van der Waals surface area contributed by atoms with Crippen LogP contribution < -0.4 is 5.32 Å². The maximum Gasteiger partial charge on any atom is 0.335 e. The molecule has 158 valence electrons. The lowest BCUT2D eigenvalue weighted by molar-refractivity contribution is -0.165. The molecule has 0 unspecified atom stereocenters. The van der Waals surface area contributed by atoms with E-state index in [1.54, 1.807) is 6.92 Å². The quantitative estimate of drug-likeness (QED) is 0.455. The molecule has 1 saturated heterocycles. The number of benzene rings is 1. The van der Waals surface area contributed by atoms with Gasteiger partial charge in [-0.05, 0) is 24.3 Å². The number of hydrogen-bond acceptors (Lipinski definition) is 6. The Kier molecular flexibility index (Phi) is 7.74. The average molecular weight is 406 g/mol. The summed E-state index contributed by atoms with van der Waals surface area (Å²) in [6.45, 7) is 3.84. The highest BCUT2D eigenvalue weighted by Gasteiger charge is 2.31. The maximum absolute atomic E-state index is 11.5. The minimum absolute atomic E-state index is 0.00167. The molecular weight excluding hydrogens is 380 g/mol. The smallest absolute Gasteiger partial charge is 0.335 e. The Bertz CT molecular complexity index is 739. The largest absolute Gasteiger partial charge is 0.479 e. The van der Waals surface area contributed by atoms with Gasteiger partial charge in [-0.1, -0.05) is 36.4 Å². The van der Waals surface area contributed by atoms with Gasteiger partial charge in [-0.25, -0.2) is 9.59 Å². The van der Waals surface area contributed by atoms with Crippen molar-refractivity contribution in [3.05, 3.63) is 47.7 Å². The number of rotatable bonds is 6. The molecule has 3 aliphatic rings. The van der Waals surface area contributed by atoms with Crippen LogP contribution in [0.5, 0.6) is 0 Å². The van der Waals surface area contributed by atoms with Crippen LogP contribution >= 0.6 is 0 Å². The van der Waals surface area contributed by atoms with Gasteiger partial charge < -0.3 is 30.6 Å². The molecular formula is C20H26N2O7. The second-order valence-corrected chi connectivity index (χ2v) is 7.03. The maximum atomic E-state index is 11.5. The summed E-state index contributed by atoms with van der Waals surface area (Å²) >= 11 is 0. The Labute approximate surface area is 168 Å². The molecule has 4 rings (SSSR count). The molecule has 0 aliphatic carbocycles. The summed E-state index contributed by atoms with van der Waals surface area (Å²) in [4.78, 5) is 33.5. The van der Waals surface area contributed by atoms with Gasteiger partial charge in [0.25, 0.3) is 0 Å². The molecule has 2 bridgehead atoms. The molecule has 3 atom stereocenters. The first kappa shape index (κ1) is 22.4. The highest BCUT2D eigenvalue weighted by atomic mass is 16.4. The summed E-state index contributed by atoms with van der Waals surface area (Å²) in [6, 6.07) is 10.2. The van der Waals surface area contributed by atoms with Crippen LogP contribution in [0.15, 0.2) is 42.1 Å². The Morgan fingerprint density at radius 2 is 1.52 bits per heavy atom. The van der Waals surface area contributed by atoms with Crippen molar-refractivity contribution >= 4 is 17.8 Å². The lowest BCUT2D eigenvalue weighted by Gasteiger charge is -2.43. The van der Waals surface area contributed by atoms with Crippen LogP contribution in [0.4, 0.5) is 0 Å². The summed E-state index contributed by atoms with van der Waals surface area (Å²) < 4.78 is 0. The van der Waals surface area contributed by atoms with Crippen LogP contribution in [0.1, 0.15) is 31.4 Å². The third kappa shape index (κ3) is 6.03. The van der Waals surface area contributed by atoms with E-state index in [4.69, 9.17) is 20.4 Å². The van der Waals surface area contributed by atoms with Gasteiger partial charge in [0.2, 0.25) is 5.91 Å². The average Bonchev–Trinajstić information content (AvgIpc) is 2.72. The normalized spacial score (nSPS) is 18.6. The van der Waals surface area contributed by atoms with Crippen LogP contribution in [0.3, 0.4) is 0 Å². The topological polar surface area (TPSA) is 147 Å². The molecule has 9 heteroatoms. The Morgan fingerprint density at radius 1 is 1.00 bits per heavy atom. The number of amides is 1. The van der Waals surface area contributed by atoms with Crippen LogP contribution in [0.2, 0.25) is 0 Å². The van der Waals surface area contributed by atoms with Crippen LogP contribution in [-0.2, 0) is 14.4 Å². The summed E-state index contributed by atoms with van der Waals surface area (Å²) in [5, 5.41) is 35.6. The standard InChI is InChI=1S/C16H20N2O.C4H6O6/c1-12(19)17-16(14-5-3-2-4-6-14)15-11-13-7-9-18(15)10-8-13;5-1(3(7)8)2(6)4(9)10/h2-6,11,13,16H,7-10H2,1H3,(H,17,19);1-2,5-6H,(H,7,8)(H,9,10)/t16-;1-,2-/m00/s1. The zero-order valence-corrected chi connectivity index (χ0v) is 16.1. The van der Waals surface area contributed by atoms with Gasteiger partial charge in [0, 0.05) is 25.7 Å². The number of carbonyl (C=O) groups is 3. The van der Waals surface area contributed by atoms with Crippen molar-refractivity contribution in [3.63, 3.8) is 0 Å². The van der Waals surface area contributed by atoms with Gasteiger partial charge >= 0.3 is 11.9 Å². The second-order valence-electron chi connectivity index (χ2n) is 7.03. The Morgan fingerprint density at radius 3 is 1.90 bits per heavy atom. The van der Waals surface area contributed by atoms with Crippen molar-refractivity contribution in [2.24, 2.45) is 5.92 Å². The van der Waals surface area contributed by atoms with Crippen molar-refractivity contribution in [1.82, 2.24) is 10.2 Å². The molecule has 3 heterocycles.